The Bertz CT molecular complexity index is 131. The number of hydrogen-bond donors (Lipinski definition) is 0. The van der Waals surface area contributed by atoms with Gasteiger partial charge in [-0.05, 0) is 0 Å². The first-order valence-electron chi connectivity index (χ1n) is 2.80. The predicted molar refractivity (Wildman–Crippen MR) is 30.4 cm³/mol. The van der Waals surface area contributed by atoms with Crippen LogP contribution in [0, 0.1) is 0 Å². The molecule has 0 aliphatic carbocycles. The summed E-state index contributed by atoms with van der Waals surface area (Å²) in [4.78, 5) is 10.3. The summed E-state index contributed by atoms with van der Waals surface area (Å²) in [7, 11) is 0. The molecular formula is C6H8O3. The lowest BCUT2D eigenvalue weighted by molar-refractivity contribution is -0.160. The topological polar surface area (TPSA) is 35.5 Å². The molecular weight excluding hydrogens is 120 g/mol. The van der Waals surface area contributed by atoms with Crippen LogP contribution in [0.2, 0.25) is 0 Å². The van der Waals surface area contributed by atoms with Gasteiger partial charge in [-0.3, -0.25) is 4.79 Å². The van der Waals surface area contributed by atoms with Gasteiger partial charge in [0.05, 0.1) is 0 Å². The van der Waals surface area contributed by atoms with Crippen LogP contribution in [0.15, 0.2) is 12.5 Å². The van der Waals surface area contributed by atoms with Gasteiger partial charge in [-0.2, -0.15) is 0 Å². The van der Waals surface area contributed by atoms with Crippen LogP contribution in [0.4, 0.5) is 0 Å². The molecule has 0 bridgehead atoms. The average Bonchev–Trinajstić information content (AvgIpc) is 2.36. The summed E-state index contributed by atoms with van der Waals surface area (Å²) < 4.78 is 9.74. The number of hydrogen-bond acceptors (Lipinski definition) is 3. The van der Waals surface area contributed by atoms with Gasteiger partial charge in [0.25, 0.3) is 0 Å². The van der Waals surface area contributed by atoms with Gasteiger partial charge in [0.15, 0.2) is 0 Å². The fourth-order valence-corrected chi connectivity index (χ4v) is 0.619. The molecule has 50 valence electrons. The van der Waals surface area contributed by atoms with Crippen molar-refractivity contribution in [1.29, 1.82) is 0 Å². The zero-order chi connectivity index (χ0) is 6.74. The van der Waals surface area contributed by atoms with Gasteiger partial charge in [0.1, 0.15) is 12.5 Å². The standard InChI is InChI=1S/C6H8O3/c1-2-6(5-7)8-3-4-9-6/h3-5H,2H2,1H3. The molecule has 0 atom stereocenters. The van der Waals surface area contributed by atoms with Gasteiger partial charge in [-0.15, -0.1) is 0 Å². The van der Waals surface area contributed by atoms with Crippen LogP contribution in [0.1, 0.15) is 13.3 Å². The van der Waals surface area contributed by atoms with Crippen molar-refractivity contribution in [2.75, 3.05) is 0 Å². The Balaban J connectivity index is 2.60. The van der Waals surface area contributed by atoms with Crippen molar-refractivity contribution in [3.05, 3.63) is 12.5 Å². The average molecular weight is 128 g/mol. The molecule has 0 radical (unpaired) electrons. The molecule has 9 heavy (non-hydrogen) atoms. The van der Waals surface area contributed by atoms with Crippen LogP contribution in [0.3, 0.4) is 0 Å². The van der Waals surface area contributed by atoms with Crippen molar-refractivity contribution >= 4 is 6.29 Å². The molecule has 0 N–H and O–H groups in total. The van der Waals surface area contributed by atoms with E-state index in [-0.39, 0.29) is 0 Å². The number of carbonyl (C=O) groups is 1. The normalized spacial score (nSPS) is 20.6. The minimum atomic E-state index is -1.01. The number of aldehydes is 1. The van der Waals surface area contributed by atoms with E-state index in [4.69, 9.17) is 9.47 Å². The minimum absolute atomic E-state index is 0.531. The van der Waals surface area contributed by atoms with Gasteiger partial charge < -0.3 is 9.47 Å². The van der Waals surface area contributed by atoms with Crippen molar-refractivity contribution in [2.24, 2.45) is 0 Å². The van der Waals surface area contributed by atoms with Crippen LogP contribution in [0.25, 0.3) is 0 Å². The zero-order valence-electron chi connectivity index (χ0n) is 5.16. The van der Waals surface area contributed by atoms with Crippen LogP contribution in [-0.4, -0.2) is 12.1 Å². The van der Waals surface area contributed by atoms with Crippen molar-refractivity contribution in [1.82, 2.24) is 0 Å². The molecule has 1 aliphatic rings. The molecule has 1 rings (SSSR count). The lowest BCUT2D eigenvalue weighted by atomic mass is 10.2. The van der Waals surface area contributed by atoms with Gasteiger partial charge in [0.2, 0.25) is 6.29 Å². The van der Waals surface area contributed by atoms with Crippen molar-refractivity contribution < 1.29 is 14.3 Å². The molecule has 0 amide bonds. The van der Waals surface area contributed by atoms with E-state index >= 15 is 0 Å². The molecule has 0 saturated heterocycles. The van der Waals surface area contributed by atoms with E-state index in [0.717, 1.165) is 0 Å². The van der Waals surface area contributed by atoms with Crippen LogP contribution >= 0.6 is 0 Å². The highest BCUT2D eigenvalue weighted by atomic mass is 16.7. The van der Waals surface area contributed by atoms with Gasteiger partial charge in [-0.25, -0.2) is 0 Å². The van der Waals surface area contributed by atoms with E-state index in [0.29, 0.717) is 12.7 Å². The summed E-state index contributed by atoms with van der Waals surface area (Å²) in [5, 5.41) is 0. The van der Waals surface area contributed by atoms with Gasteiger partial charge in [0, 0.05) is 6.42 Å². The van der Waals surface area contributed by atoms with Crippen LogP contribution in [0.5, 0.6) is 0 Å². The molecule has 0 aromatic heterocycles. The molecule has 0 saturated carbocycles. The third-order valence-corrected chi connectivity index (χ3v) is 1.26. The number of carbonyl (C=O) groups excluding carboxylic acids is 1. The molecule has 3 nitrogen and oxygen atoms in total. The molecule has 0 unspecified atom stereocenters. The highest BCUT2D eigenvalue weighted by Gasteiger charge is 2.32. The third-order valence-electron chi connectivity index (χ3n) is 1.26. The van der Waals surface area contributed by atoms with Gasteiger partial charge >= 0.3 is 5.79 Å². The fourth-order valence-electron chi connectivity index (χ4n) is 0.619. The molecule has 1 heterocycles. The van der Waals surface area contributed by atoms with E-state index in [9.17, 15) is 4.79 Å². The number of ether oxygens (including phenoxy) is 2. The maximum Gasteiger partial charge on any atom is 0.306 e. The second-order valence-corrected chi connectivity index (χ2v) is 1.79. The Morgan fingerprint density at radius 2 is 2.11 bits per heavy atom. The maximum atomic E-state index is 10.3. The highest BCUT2D eigenvalue weighted by Crippen LogP contribution is 2.20. The highest BCUT2D eigenvalue weighted by molar-refractivity contribution is 5.60. The Hall–Kier alpha value is -0.990. The first kappa shape index (κ1) is 6.13. The molecule has 0 aromatic rings. The molecule has 3 heteroatoms. The van der Waals surface area contributed by atoms with E-state index in [2.05, 4.69) is 0 Å². The van der Waals surface area contributed by atoms with Crippen molar-refractivity contribution in [3.8, 4) is 0 Å². The largest absolute Gasteiger partial charge is 0.451 e. The summed E-state index contributed by atoms with van der Waals surface area (Å²) in [5.74, 6) is -1.01. The summed E-state index contributed by atoms with van der Waals surface area (Å²) in [6.45, 7) is 1.82. The summed E-state index contributed by atoms with van der Waals surface area (Å²) >= 11 is 0. The fraction of sp³-hybridized carbons (Fsp3) is 0.500. The van der Waals surface area contributed by atoms with Crippen molar-refractivity contribution in [2.45, 2.75) is 19.1 Å². The summed E-state index contributed by atoms with van der Waals surface area (Å²) in [5.41, 5.74) is 0. The number of rotatable bonds is 2. The second kappa shape index (κ2) is 2.09. The summed E-state index contributed by atoms with van der Waals surface area (Å²) in [6, 6.07) is 0. The van der Waals surface area contributed by atoms with E-state index < -0.39 is 5.79 Å². The van der Waals surface area contributed by atoms with Gasteiger partial charge in [-0.1, -0.05) is 6.92 Å². The molecule has 1 aliphatic heterocycles. The second-order valence-electron chi connectivity index (χ2n) is 1.79. The third kappa shape index (κ3) is 0.896. The first-order valence-corrected chi connectivity index (χ1v) is 2.80. The van der Waals surface area contributed by atoms with E-state index in [1.165, 1.54) is 12.5 Å². The Kier molecular flexibility index (Phi) is 1.42. The Labute approximate surface area is 53.3 Å². The lowest BCUT2D eigenvalue weighted by Crippen LogP contribution is -2.30. The molecule has 0 aromatic carbocycles. The zero-order valence-corrected chi connectivity index (χ0v) is 5.16. The Morgan fingerprint density at radius 3 is 2.33 bits per heavy atom. The lowest BCUT2D eigenvalue weighted by Gasteiger charge is -2.18. The minimum Gasteiger partial charge on any atom is -0.451 e. The van der Waals surface area contributed by atoms with Crippen LogP contribution in [-0.2, 0) is 14.3 Å². The van der Waals surface area contributed by atoms with Crippen LogP contribution < -0.4 is 0 Å². The first-order chi connectivity index (χ1) is 4.33. The van der Waals surface area contributed by atoms with E-state index in [1.807, 2.05) is 6.92 Å². The summed E-state index contributed by atoms with van der Waals surface area (Å²) in [6.07, 6.45) is 3.94. The molecule has 0 spiro atoms. The monoisotopic (exact) mass is 128 g/mol. The maximum absolute atomic E-state index is 10.3. The predicted octanol–water partition coefficient (Wildman–Crippen LogP) is 0.810. The van der Waals surface area contributed by atoms with E-state index in [1.54, 1.807) is 0 Å². The Morgan fingerprint density at radius 1 is 1.56 bits per heavy atom. The quantitative estimate of drug-likeness (QED) is 0.516. The van der Waals surface area contributed by atoms with Crippen molar-refractivity contribution in [3.63, 3.8) is 0 Å². The smallest absolute Gasteiger partial charge is 0.306 e. The SMILES string of the molecule is CCC1(C=O)OC=CO1. The molecule has 0 fully saturated rings.